The fourth-order valence-corrected chi connectivity index (χ4v) is 4.48. The highest BCUT2D eigenvalue weighted by atomic mass is 32.2. The van der Waals surface area contributed by atoms with E-state index >= 15 is 0 Å². The van der Waals surface area contributed by atoms with E-state index in [0.717, 1.165) is 32.2 Å². The van der Waals surface area contributed by atoms with Crippen LogP contribution in [0.1, 0.15) is 33.3 Å². The smallest absolute Gasteiger partial charge is 0.337 e. The van der Waals surface area contributed by atoms with Crippen LogP contribution < -0.4 is 14.8 Å². The number of non-ortho nitro benzene ring substituents is 1. The summed E-state index contributed by atoms with van der Waals surface area (Å²) in [5, 5.41) is 23.6. The molecule has 3 N–H and O–H groups in total. The highest BCUT2D eigenvalue weighted by molar-refractivity contribution is 7.89. The molecule has 0 spiro atoms. The first-order chi connectivity index (χ1) is 16.6. The number of nitro benzene ring substituents is 1. The molecule has 36 heavy (non-hydrogen) atoms. The van der Waals surface area contributed by atoms with Crippen molar-refractivity contribution in [2.24, 2.45) is 0 Å². The summed E-state index contributed by atoms with van der Waals surface area (Å²) in [6, 6.07) is 9.61. The van der Waals surface area contributed by atoms with Crippen LogP contribution in [0.3, 0.4) is 0 Å². The molecule has 2 aromatic rings. The number of ether oxygens (including phenoxy) is 2. The van der Waals surface area contributed by atoms with Crippen LogP contribution in [0.15, 0.2) is 53.4 Å². The number of hydrogen-bond donors (Lipinski definition) is 3. The summed E-state index contributed by atoms with van der Waals surface area (Å²) in [4.78, 5) is 35.0. The number of carbonyl (C=O) groups excluding carboxylic acids is 1. The predicted molar refractivity (Wildman–Crippen MR) is 129 cm³/mol. The molecule has 0 aliphatic rings. The van der Waals surface area contributed by atoms with Gasteiger partial charge in [0.25, 0.3) is 5.69 Å². The Labute approximate surface area is 208 Å². The van der Waals surface area contributed by atoms with Gasteiger partial charge in [0.05, 0.1) is 11.0 Å². The minimum atomic E-state index is -4.67. The van der Waals surface area contributed by atoms with Crippen LogP contribution in [-0.4, -0.2) is 54.6 Å². The van der Waals surface area contributed by atoms with Crippen LogP contribution in [0.2, 0.25) is 0 Å². The van der Waals surface area contributed by atoms with Gasteiger partial charge in [-0.05, 0) is 39.3 Å². The minimum absolute atomic E-state index is 0.108. The second-order valence-electron chi connectivity index (χ2n) is 9.07. The molecule has 0 aliphatic heterocycles. The Morgan fingerprint density at radius 1 is 1.11 bits per heavy atom. The second kappa shape index (κ2) is 11.0. The van der Waals surface area contributed by atoms with Gasteiger partial charge in [-0.25, -0.2) is 13.2 Å². The largest absolute Gasteiger partial charge is 0.487 e. The molecule has 0 bridgehead atoms. The van der Waals surface area contributed by atoms with Crippen LogP contribution in [-0.2, 0) is 31.0 Å². The van der Waals surface area contributed by atoms with Crippen molar-refractivity contribution in [2.75, 3.05) is 7.11 Å². The molecule has 196 valence electrons. The van der Waals surface area contributed by atoms with Crippen molar-refractivity contribution >= 4 is 27.6 Å². The molecular formula is C23H29N3O9S. The van der Waals surface area contributed by atoms with E-state index in [0.29, 0.717) is 5.56 Å². The molecule has 2 atom stereocenters. The Bertz CT molecular complexity index is 1230. The summed E-state index contributed by atoms with van der Waals surface area (Å²) in [7, 11) is -3.64. The summed E-state index contributed by atoms with van der Waals surface area (Å²) >= 11 is 0. The van der Waals surface area contributed by atoms with Gasteiger partial charge in [-0.3, -0.25) is 14.9 Å². The summed E-state index contributed by atoms with van der Waals surface area (Å²) < 4.78 is 39.6. The molecule has 2 unspecified atom stereocenters. The first-order valence-electron chi connectivity index (χ1n) is 10.7. The summed E-state index contributed by atoms with van der Waals surface area (Å²) in [6.45, 7) is 5.84. The van der Waals surface area contributed by atoms with Crippen LogP contribution in [0, 0.1) is 10.1 Å². The maximum Gasteiger partial charge on any atom is 0.337 e. The van der Waals surface area contributed by atoms with Crippen molar-refractivity contribution < 1.29 is 37.5 Å². The molecule has 2 aromatic carbocycles. The van der Waals surface area contributed by atoms with E-state index in [1.165, 1.54) is 0 Å². The van der Waals surface area contributed by atoms with E-state index in [2.05, 4.69) is 10.0 Å². The Hall–Kier alpha value is -3.55. The zero-order valence-corrected chi connectivity index (χ0v) is 21.3. The SMILES string of the molecule is COC(C)(C(=O)O)C(NS(=O)(=O)c1ccc([N+](=O)[O-])cc1OCc1ccccc1)C(=O)NC(C)(C)C. The van der Waals surface area contributed by atoms with E-state index in [-0.39, 0.29) is 12.4 Å². The monoisotopic (exact) mass is 523 g/mol. The first-order valence-corrected chi connectivity index (χ1v) is 12.2. The number of hydrogen-bond acceptors (Lipinski definition) is 8. The van der Waals surface area contributed by atoms with Crippen molar-refractivity contribution in [3.05, 3.63) is 64.2 Å². The number of rotatable bonds is 11. The number of carboxylic acid groups (broad SMARTS) is 1. The van der Waals surface area contributed by atoms with Gasteiger partial charge in [-0.2, -0.15) is 4.72 Å². The molecule has 0 radical (unpaired) electrons. The Morgan fingerprint density at radius 2 is 1.72 bits per heavy atom. The van der Waals surface area contributed by atoms with Gasteiger partial charge >= 0.3 is 5.97 Å². The molecule has 0 aliphatic carbocycles. The van der Waals surface area contributed by atoms with Crippen molar-refractivity contribution in [3.8, 4) is 5.75 Å². The Balaban J connectivity index is 2.55. The molecule has 0 aromatic heterocycles. The zero-order chi connectivity index (χ0) is 27.3. The molecule has 2 rings (SSSR count). The molecule has 0 saturated heterocycles. The van der Waals surface area contributed by atoms with Crippen LogP contribution in [0.4, 0.5) is 5.69 Å². The molecule has 0 heterocycles. The Morgan fingerprint density at radius 3 is 2.22 bits per heavy atom. The molecule has 12 nitrogen and oxygen atoms in total. The standard InChI is InChI=1S/C23H29N3O9S/c1-22(2,3)24-20(27)19(23(4,34-5)21(28)29)25-36(32,33)18-12-11-16(26(30)31)13-17(18)35-14-15-9-7-6-8-10-15/h6-13,19,25H,14H2,1-5H3,(H,24,27)(H,28,29). The van der Waals surface area contributed by atoms with Gasteiger partial charge in [0, 0.05) is 18.7 Å². The van der Waals surface area contributed by atoms with Crippen LogP contribution in [0.25, 0.3) is 0 Å². The van der Waals surface area contributed by atoms with E-state index in [1.807, 2.05) is 0 Å². The Kier molecular flexibility index (Phi) is 8.78. The lowest BCUT2D eigenvalue weighted by atomic mass is 9.95. The summed E-state index contributed by atoms with van der Waals surface area (Å²) in [5.41, 5.74) is -2.88. The third-order valence-electron chi connectivity index (χ3n) is 5.10. The normalized spacial score (nSPS) is 14.4. The molecular weight excluding hydrogens is 494 g/mol. The van der Waals surface area contributed by atoms with E-state index in [4.69, 9.17) is 9.47 Å². The van der Waals surface area contributed by atoms with E-state index in [9.17, 15) is 33.2 Å². The lowest BCUT2D eigenvalue weighted by Gasteiger charge is -2.34. The number of nitrogens with zero attached hydrogens (tertiary/aromatic N) is 1. The number of nitro groups is 1. The average Bonchev–Trinajstić information content (AvgIpc) is 2.79. The van der Waals surface area contributed by atoms with E-state index in [1.54, 1.807) is 51.1 Å². The van der Waals surface area contributed by atoms with Crippen molar-refractivity contribution in [3.63, 3.8) is 0 Å². The molecule has 0 fully saturated rings. The quantitative estimate of drug-likeness (QED) is 0.295. The topological polar surface area (TPSA) is 174 Å². The van der Waals surface area contributed by atoms with Gasteiger partial charge in [-0.1, -0.05) is 30.3 Å². The van der Waals surface area contributed by atoms with Crippen molar-refractivity contribution in [1.29, 1.82) is 0 Å². The number of aliphatic carboxylic acids is 1. The van der Waals surface area contributed by atoms with Gasteiger partial charge in [0.15, 0.2) is 5.60 Å². The van der Waals surface area contributed by atoms with Crippen molar-refractivity contribution in [1.82, 2.24) is 10.0 Å². The highest BCUT2D eigenvalue weighted by Gasteiger charge is 2.49. The minimum Gasteiger partial charge on any atom is -0.487 e. The number of sulfonamides is 1. The van der Waals surface area contributed by atoms with Gasteiger partial charge < -0.3 is 19.9 Å². The molecule has 1 amide bonds. The highest BCUT2D eigenvalue weighted by Crippen LogP contribution is 2.30. The third-order valence-corrected chi connectivity index (χ3v) is 6.56. The fourth-order valence-electron chi connectivity index (χ4n) is 3.09. The first kappa shape index (κ1) is 28.7. The average molecular weight is 524 g/mol. The second-order valence-corrected chi connectivity index (χ2v) is 10.8. The number of methoxy groups -OCH3 is 1. The zero-order valence-electron chi connectivity index (χ0n) is 20.5. The third kappa shape index (κ3) is 6.99. The maximum absolute atomic E-state index is 13.4. The number of amides is 1. The lowest BCUT2D eigenvalue weighted by molar-refractivity contribution is -0.385. The summed E-state index contributed by atoms with van der Waals surface area (Å²) in [6.07, 6.45) is 0. The molecule has 0 saturated carbocycles. The number of carboxylic acids is 1. The molecule has 13 heteroatoms. The van der Waals surface area contributed by atoms with Crippen LogP contribution >= 0.6 is 0 Å². The van der Waals surface area contributed by atoms with E-state index < -0.39 is 54.6 Å². The maximum atomic E-state index is 13.4. The van der Waals surface area contributed by atoms with Crippen molar-refractivity contribution in [2.45, 2.75) is 56.4 Å². The van der Waals surface area contributed by atoms with Gasteiger partial charge in [0.1, 0.15) is 23.3 Å². The number of benzene rings is 2. The lowest BCUT2D eigenvalue weighted by Crippen LogP contribution is -2.64. The number of nitrogens with one attached hydrogen (secondary N) is 2. The summed E-state index contributed by atoms with van der Waals surface area (Å²) in [5.74, 6) is -2.90. The van der Waals surface area contributed by atoms with Gasteiger partial charge in [-0.15, -0.1) is 0 Å². The van der Waals surface area contributed by atoms with Crippen LogP contribution in [0.5, 0.6) is 5.75 Å². The number of carbonyl (C=O) groups is 2. The fraction of sp³-hybridized carbons (Fsp3) is 0.391. The van der Waals surface area contributed by atoms with Gasteiger partial charge in [0.2, 0.25) is 15.9 Å². The predicted octanol–water partition coefficient (Wildman–Crippen LogP) is 2.23.